The van der Waals surface area contributed by atoms with Gasteiger partial charge >= 0.3 is 5.51 Å². The van der Waals surface area contributed by atoms with E-state index in [0.29, 0.717) is 5.56 Å². The van der Waals surface area contributed by atoms with E-state index in [4.69, 9.17) is 10.5 Å². The minimum absolute atomic E-state index is 0.260. The molecule has 0 aliphatic heterocycles. The summed E-state index contributed by atoms with van der Waals surface area (Å²) in [4.78, 5) is 0. The summed E-state index contributed by atoms with van der Waals surface area (Å²) in [5.74, 6) is -3.00. The summed E-state index contributed by atoms with van der Waals surface area (Å²) in [5.41, 5.74) is 1.50. The third kappa shape index (κ3) is 5.96. The quantitative estimate of drug-likeness (QED) is 0.645. The van der Waals surface area contributed by atoms with Crippen LogP contribution in [0.4, 0.5) is 22.0 Å². The van der Waals surface area contributed by atoms with Gasteiger partial charge in [0.2, 0.25) is 0 Å². The molecule has 0 heterocycles. The molecule has 2 N–H and O–H groups in total. The van der Waals surface area contributed by atoms with Crippen LogP contribution < -0.4 is 10.5 Å². The summed E-state index contributed by atoms with van der Waals surface area (Å²) in [5, 5.41) is 0. The molecule has 1 aromatic carbocycles. The Balaban J connectivity index is 2.62. The fourth-order valence-corrected chi connectivity index (χ4v) is 1.94. The number of hydrogen-bond acceptors (Lipinski definition) is 3. The first-order valence-corrected chi connectivity index (χ1v) is 6.74. The maximum absolute atomic E-state index is 13.6. The van der Waals surface area contributed by atoms with Gasteiger partial charge in [-0.05, 0) is 42.8 Å². The number of halogens is 5. The van der Waals surface area contributed by atoms with Gasteiger partial charge in [0.05, 0.1) is 6.61 Å². The molecular weight excluding hydrogens is 301 g/mol. The highest BCUT2D eigenvalue weighted by molar-refractivity contribution is 8.00. The smallest absolute Gasteiger partial charge is 0.441 e. The first-order valence-electron chi connectivity index (χ1n) is 5.76. The molecule has 1 unspecified atom stereocenters. The molecule has 0 aliphatic carbocycles. The van der Waals surface area contributed by atoms with Crippen LogP contribution in [-0.2, 0) is 6.42 Å². The maximum atomic E-state index is 13.6. The SMILES string of the molecule is CC(N)Cc1cc(F)c(OCCSC(F)(F)F)c(F)c1. The number of nitrogens with two attached hydrogens (primary N) is 1. The second-order valence-electron chi connectivity index (χ2n) is 4.21. The van der Waals surface area contributed by atoms with Crippen molar-refractivity contribution in [1.82, 2.24) is 0 Å². The fraction of sp³-hybridized carbons (Fsp3) is 0.500. The highest BCUT2D eigenvalue weighted by Crippen LogP contribution is 2.30. The van der Waals surface area contributed by atoms with Crippen LogP contribution in [0.1, 0.15) is 12.5 Å². The first kappa shape index (κ1) is 17.0. The van der Waals surface area contributed by atoms with E-state index >= 15 is 0 Å². The predicted molar refractivity (Wildman–Crippen MR) is 67.7 cm³/mol. The Morgan fingerprint density at radius 3 is 2.25 bits per heavy atom. The van der Waals surface area contributed by atoms with Crippen LogP contribution in [0.3, 0.4) is 0 Å². The van der Waals surface area contributed by atoms with Gasteiger partial charge in [-0.2, -0.15) is 13.2 Å². The third-order valence-electron chi connectivity index (χ3n) is 2.21. The second-order valence-corrected chi connectivity index (χ2v) is 5.37. The molecule has 0 aliphatic rings. The number of rotatable bonds is 6. The zero-order valence-electron chi connectivity index (χ0n) is 10.6. The van der Waals surface area contributed by atoms with Crippen molar-refractivity contribution in [3.05, 3.63) is 29.3 Å². The van der Waals surface area contributed by atoms with Gasteiger partial charge in [0.1, 0.15) is 0 Å². The molecule has 114 valence electrons. The van der Waals surface area contributed by atoms with Gasteiger partial charge in [-0.3, -0.25) is 0 Å². The number of thioether (sulfide) groups is 1. The highest BCUT2D eigenvalue weighted by Gasteiger charge is 2.27. The Morgan fingerprint density at radius 1 is 1.25 bits per heavy atom. The van der Waals surface area contributed by atoms with Crippen molar-refractivity contribution in [1.29, 1.82) is 0 Å². The van der Waals surface area contributed by atoms with Crippen LogP contribution >= 0.6 is 11.8 Å². The van der Waals surface area contributed by atoms with Gasteiger partial charge < -0.3 is 10.5 Å². The van der Waals surface area contributed by atoms with Gasteiger partial charge in [-0.15, -0.1) is 0 Å². The van der Waals surface area contributed by atoms with Crippen molar-refractivity contribution in [2.24, 2.45) is 5.73 Å². The summed E-state index contributed by atoms with van der Waals surface area (Å²) < 4.78 is 67.5. The van der Waals surface area contributed by atoms with Gasteiger partial charge in [0.15, 0.2) is 17.4 Å². The van der Waals surface area contributed by atoms with Crippen LogP contribution in [0.15, 0.2) is 12.1 Å². The summed E-state index contributed by atoms with van der Waals surface area (Å²) in [7, 11) is 0. The summed E-state index contributed by atoms with van der Waals surface area (Å²) in [6, 6.07) is 1.88. The van der Waals surface area contributed by atoms with E-state index in [1.165, 1.54) is 0 Å². The Hall–Kier alpha value is -1.02. The summed E-state index contributed by atoms with van der Waals surface area (Å²) in [6.07, 6.45) is 0.290. The van der Waals surface area contributed by atoms with E-state index in [2.05, 4.69) is 0 Å². The lowest BCUT2D eigenvalue weighted by Gasteiger charge is -2.11. The summed E-state index contributed by atoms with van der Waals surface area (Å²) in [6.45, 7) is 1.25. The molecule has 1 rings (SSSR count). The Morgan fingerprint density at radius 2 is 1.80 bits per heavy atom. The van der Waals surface area contributed by atoms with Crippen molar-refractivity contribution >= 4 is 11.8 Å². The lowest BCUT2D eigenvalue weighted by Crippen LogP contribution is -2.18. The van der Waals surface area contributed by atoms with E-state index in [1.54, 1.807) is 6.92 Å². The zero-order chi connectivity index (χ0) is 15.3. The molecule has 0 fully saturated rings. The average molecular weight is 315 g/mol. The number of benzene rings is 1. The van der Waals surface area contributed by atoms with Crippen LogP contribution in [0.5, 0.6) is 5.75 Å². The normalized spacial score (nSPS) is 13.3. The fourth-order valence-electron chi connectivity index (χ4n) is 1.54. The van der Waals surface area contributed by atoms with Gasteiger partial charge in [0.25, 0.3) is 0 Å². The molecule has 0 bridgehead atoms. The van der Waals surface area contributed by atoms with Crippen molar-refractivity contribution in [3.8, 4) is 5.75 Å². The topological polar surface area (TPSA) is 35.2 Å². The minimum Gasteiger partial charge on any atom is -0.487 e. The molecule has 1 aromatic rings. The molecule has 0 spiro atoms. The first-order chi connectivity index (χ1) is 9.19. The number of hydrogen-bond donors (Lipinski definition) is 1. The largest absolute Gasteiger partial charge is 0.487 e. The Labute approximate surface area is 117 Å². The van der Waals surface area contributed by atoms with Gasteiger partial charge in [-0.1, -0.05) is 0 Å². The third-order valence-corrected chi connectivity index (χ3v) is 2.91. The molecule has 0 saturated carbocycles. The molecule has 1 atom stereocenters. The lowest BCUT2D eigenvalue weighted by atomic mass is 10.1. The molecule has 0 aromatic heterocycles. The Kier molecular flexibility index (Phi) is 6.07. The van der Waals surface area contributed by atoms with E-state index in [1.807, 2.05) is 0 Å². The van der Waals surface area contributed by atoms with Crippen LogP contribution in [0.25, 0.3) is 0 Å². The van der Waals surface area contributed by atoms with Crippen molar-refractivity contribution in [2.75, 3.05) is 12.4 Å². The Bertz CT molecular complexity index is 427. The molecule has 20 heavy (non-hydrogen) atoms. The molecular formula is C12H14F5NOS. The lowest BCUT2D eigenvalue weighted by molar-refractivity contribution is -0.0329. The monoisotopic (exact) mass is 315 g/mol. The average Bonchev–Trinajstić information content (AvgIpc) is 2.24. The van der Waals surface area contributed by atoms with E-state index in [-0.39, 0.29) is 24.2 Å². The van der Waals surface area contributed by atoms with E-state index < -0.39 is 35.3 Å². The predicted octanol–water partition coefficient (Wildman–Crippen LogP) is 3.49. The molecule has 0 amide bonds. The zero-order valence-corrected chi connectivity index (χ0v) is 11.5. The molecule has 0 saturated heterocycles. The van der Waals surface area contributed by atoms with Gasteiger partial charge in [0, 0.05) is 11.8 Å². The minimum atomic E-state index is -4.39. The van der Waals surface area contributed by atoms with Crippen molar-refractivity contribution in [3.63, 3.8) is 0 Å². The van der Waals surface area contributed by atoms with Crippen molar-refractivity contribution in [2.45, 2.75) is 24.9 Å². The second kappa shape index (κ2) is 7.12. The summed E-state index contributed by atoms with van der Waals surface area (Å²) >= 11 is -0.310. The maximum Gasteiger partial charge on any atom is 0.441 e. The van der Waals surface area contributed by atoms with Crippen LogP contribution in [0, 0.1) is 11.6 Å². The molecule has 0 radical (unpaired) electrons. The number of alkyl halides is 3. The van der Waals surface area contributed by atoms with E-state index in [0.717, 1.165) is 12.1 Å². The van der Waals surface area contributed by atoms with Crippen LogP contribution in [-0.4, -0.2) is 23.9 Å². The number of ether oxygens (including phenoxy) is 1. The highest BCUT2D eigenvalue weighted by atomic mass is 32.2. The van der Waals surface area contributed by atoms with Crippen molar-refractivity contribution < 1.29 is 26.7 Å². The standard InChI is InChI=1S/C12H14F5NOS/c1-7(18)4-8-5-9(13)11(10(14)6-8)19-2-3-20-12(15,16)17/h5-7H,2-4,18H2,1H3. The van der Waals surface area contributed by atoms with Gasteiger partial charge in [-0.25, -0.2) is 8.78 Å². The van der Waals surface area contributed by atoms with E-state index in [9.17, 15) is 22.0 Å². The van der Waals surface area contributed by atoms with Crippen LogP contribution in [0.2, 0.25) is 0 Å². The molecule has 2 nitrogen and oxygen atoms in total. The molecule has 8 heteroatoms.